The molecule has 0 bridgehead atoms. The van der Waals surface area contributed by atoms with E-state index >= 15 is 0 Å². The molecule has 0 radical (unpaired) electrons. The van der Waals surface area contributed by atoms with Gasteiger partial charge in [-0.05, 0) is 37.3 Å². The number of carbonyl (C=O) groups is 1. The Morgan fingerprint density at radius 1 is 1.08 bits per heavy atom. The fourth-order valence-electron chi connectivity index (χ4n) is 4.87. The van der Waals surface area contributed by atoms with Crippen LogP contribution < -0.4 is 20.5 Å². The molecule has 1 amide bonds. The van der Waals surface area contributed by atoms with Gasteiger partial charge in [0.2, 0.25) is 0 Å². The van der Waals surface area contributed by atoms with E-state index in [2.05, 4.69) is 15.2 Å². The molecule has 2 heterocycles. The first-order chi connectivity index (χ1) is 17.6. The number of aromatic nitrogens is 2. The monoisotopic (exact) mass is 524 g/mol. The highest BCUT2D eigenvalue weighted by molar-refractivity contribution is 5.86. The van der Waals surface area contributed by atoms with Crippen LogP contribution in [-0.4, -0.2) is 54.1 Å². The number of ether oxygens (including phenoxy) is 3. The van der Waals surface area contributed by atoms with E-state index in [9.17, 15) is 9.59 Å². The minimum atomic E-state index is -0.395. The van der Waals surface area contributed by atoms with Crippen molar-refractivity contribution in [2.45, 2.75) is 59.3 Å². The van der Waals surface area contributed by atoms with Crippen molar-refractivity contribution in [3.63, 3.8) is 0 Å². The van der Waals surface area contributed by atoms with Crippen LogP contribution in [0, 0.1) is 0 Å². The zero-order chi connectivity index (χ0) is 24.9. The van der Waals surface area contributed by atoms with Gasteiger partial charge in [0, 0.05) is 37.9 Å². The van der Waals surface area contributed by atoms with Gasteiger partial charge in [0.05, 0.1) is 31.0 Å². The van der Waals surface area contributed by atoms with Gasteiger partial charge in [0.25, 0.3) is 5.56 Å². The van der Waals surface area contributed by atoms with Gasteiger partial charge in [-0.25, -0.2) is 9.78 Å². The first-order valence-corrected chi connectivity index (χ1v) is 12.5. The fourth-order valence-corrected chi connectivity index (χ4v) is 4.87. The summed E-state index contributed by atoms with van der Waals surface area (Å²) in [6.07, 6.45) is 4.12. The minimum Gasteiger partial charge on any atom is -0.488 e. The maximum absolute atomic E-state index is 12.3. The summed E-state index contributed by atoms with van der Waals surface area (Å²) in [6.45, 7) is 3.21. The van der Waals surface area contributed by atoms with E-state index in [1.807, 2.05) is 42.5 Å². The molecule has 1 aliphatic carbocycles. The van der Waals surface area contributed by atoms with E-state index in [1.54, 1.807) is 11.6 Å². The van der Waals surface area contributed by atoms with Crippen molar-refractivity contribution in [2.24, 2.45) is 7.05 Å². The summed E-state index contributed by atoms with van der Waals surface area (Å²) < 4.78 is 18.9. The molecule has 1 aromatic heterocycles. The largest absolute Gasteiger partial charge is 0.488 e. The molecule has 2 aromatic carbocycles. The molecule has 2 aliphatic rings. The number of rotatable bonds is 6. The second kappa shape index (κ2) is 13.3. The van der Waals surface area contributed by atoms with E-state index in [0.717, 1.165) is 55.5 Å². The van der Waals surface area contributed by atoms with Crippen molar-refractivity contribution in [3.05, 3.63) is 64.6 Å². The highest BCUT2D eigenvalue weighted by Crippen LogP contribution is 2.33. The predicted molar refractivity (Wildman–Crippen MR) is 150 cm³/mol. The standard InChI is InChI=1S/C27H32N4O5.2CH4/c1-30-25(32)17-28-23-15-21(31-11-13-34-14-12-31)16-24(26(23)30)36-22-9-7-20(8-10-22)29-27(33)35-18-19-5-3-2-4-6-19;;/h2-6,15-17,20,22H,7-14,18H2,1H3,(H,29,33);2*1H4. The van der Waals surface area contributed by atoms with Crippen LogP contribution in [-0.2, 0) is 23.1 Å². The number of nitrogens with zero attached hydrogens (tertiary/aromatic N) is 3. The van der Waals surface area contributed by atoms with E-state index in [1.165, 1.54) is 6.20 Å². The second-order valence-electron chi connectivity index (χ2n) is 9.36. The highest BCUT2D eigenvalue weighted by atomic mass is 16.5. The number of benzene rings is 2. The first-order valence-electron chi connectivity index (χ1n) is 12.5. The molecule has 1 saturated carbocycles. The Hall–Kier alpha value is -3.59. The Kier molecular flexibility index (Phi) is 10.1. The van der Waals surface area contributed by atoms with Crippen molar-refractivity contribution in [3.8, 4) is 5.75 Å². The molecule has 9 heteroatoms. The average Bonchev–Trinajstić information content (AvgIpc) is 2.91. The molecular formula is C29H40N4O5. The van der Waals surface area contributed by atoms with Gasteiger partial charge >= 0.3 is 6.09 Å². The summed E-state index contributed by atoms with van der Waals surface area (Å²) >= 11 is 0. The van der Waals surface area contributed by atoms with Crippen LogP contribution in [0.5, 0.6) is 5.75 Å². The first kappa shape index (κ1) is 29.0. The van der Waals surface area contributed by atoms with Crippen LogP contribution in [0.3, 0.4) is 0 Å². The summed E-state index contributed by atoms with van der Waals surface area (Å²) in [5.74, 6) is 0.667. The molecule has 0 atom stereocenters. The van der Waals surface area contributed by atoms with Crippen LogP contribution in [0.15, 0.2) is 53.5 Å². The van der Waals surface area contributed by atoms with Crippen molar-refractivity contribution < 1.29 is 19.0 Å². The normalized spacial score (nSPS) is 19.1. The van der Waals surface area contributed by atoms with Gasteiger partial charge in [-0.2, -0.15) is 0 Å². The molecule has 0 spiro atoms. The average molecular weight is 525 g/mol. The lowest BCUT2D eigenvalue weighted by Crippen LogP contribution is -2.40. The van der Waals surface area contributed by atoms with E-state index in [0.29, 0.717) is 24.5 Å². The van der Waals surface area contributed by atoms with E-state index in [-0.39, 0.29) is 39.2 Å². The Bertz CT molecular complexity index is 1250. The molecule has 1 N–H and O–H groups in total. The molecule has 206 valence electrons. The van der Waals surface area contributed by atoms with Crippen LogP contribution in [0.2, 0.25) is 0 Å². The van der Waals surface area contributed by atoms with Crippen LogP contribution in [0.1, 0.15) is 46.1 Å². The maximum atomic E-state index is 12.3. The lowest BCUT2D eigenvalue weighted by molar-refractivity contribution is 0.117. The van der Waals surface area contributed by atoms with E-state index < -0.39 is 6.09 Å². The lowest BCUT2D eigenvalue weighted by atomic mass is 9.93. The summed E-state index contributed by atoms with van der Waals surface area (Å²) in [4.78, 5) is 31.2. The van der Waals surface area contributed by atoms with Crippen LogP contribution >= 0.6 is 0 Å². The van der Waals surface area contributed by atoms with Gasteiger partial charge in [-0.1, -0.05) is 45.2 Å². The number of aryl methyl sites for hydroxylation is 1. The number of hydrogen-bond acceptors (Lipinski definition) is 7. The van der Waals surface area contributed by atoms with Crippen molar-refractivity contribution in [1.82, 2.24) is 14.9 Å². The third-order valence-electron chi connectivity index (χ3n) is 6.90. The lowest BCUT2D eigenvalue weighted by Gasteiger charge is -2.31. The molecule has 9 nitrogen and oxygen atoms in total. The molecular weight excluding hydrogens is 484 g/mol. The maximum Gasteiger partial charge on any atom is 0.407 e. The molecule has 2 fully saturated rings. The molecule has 3 aromatic rings. The zero-order valence-electron chi connectivity index (χ0n) is 20.5. The quantitative estimate of drug-likeness (QED) is 0.501. The molecule has 0 unspecified atom stereocenters. The number of amides is 1. The van der Waals surface area contributed by atoms with Gasteiger partial charge in [-0.3, -0.25) is 4.79 Å². The highest BCUT2D eigenvalue weighted by Gasteiger charge is 2.26. The third kappa shape index (κ3) is 6.83. The molecule has 1 saturated heterocycles. The number of alkyl carbamates (subject to hydrolysis) is 1. The second-order valence-corrected chi connectivity index (χ2v) is 9.36. The van der Waals surface area contributed by atoms with E-state index in [4.69, 9.17) is 14.2 Å². The van der Waals surface area contributed by atoms with Crippen molar-refractivity contribution in [1.29, 1.82) is 0 Å². The molecule has 5 rings (SSSR count). The Balaban J connectivity index is 0.00000200. The summed E-state index contributed by atoms with van der Waals surface area (Å²) in [7, 11) is 1.75. The predicted octanol–water partition coefficient (Wildman–Crippen LogP) is 4.66. The molecule has 38 heavy (non-hydrogen) atoms. The number of nitrogens with one attached hydrogen (secondary N) is 1. The Labute approximate surface area is 224 Å². The number of morpholine rings is 1. The topological polar surface area (TPSA) is 94.9 Å². The number of hydrogen-bond donors (Lipinski definition) is 1. The number of carbonyl (C=O) groups excluding carboxylic acids is 1. The zero-order valence-corrected chi connectivity index (χ0v) is 20.5. The third-order valence-corrected chi connectivity index (χ3v) is 6.90. The van der Waals surface area contributed by atoms with Gasteiger partial charge < -0.3 is 29.0 Å². The SMILES string of the molecule is C.C.Cn1c(=O)cnc2cc(N3CCOCC3)cc(OC3CCC(NC(=O)OCc4ccccc4)CC3)c21. The Morgan fingerprint density at radius 2 is 1.79 bits per heavy atom. The molecule has 1 aliphatic heterocycles. The Morgan fingerprint density at radius 3 is 2.50 bits per heavy atom. The number of anilines is 1. The summed E-state index contributed by atoms with van der Waals surface area (Å²) in [6, 6.07) is 13.7. The van der Waals surface area contributed by atoms with Crippen LogP contribution in [0.25, 0.3) is 11.0 Å². The smallest absolute Gasteiger partial charge is 0.407 e. The number of fused-ring (bicyclic) bond motifs is 1. The minimum absolute atomic E-state index is 0. The van der Waals surface area contributed by atoms with Crippen LogP contribution in [0.4, 0.5) is 10.5 Å². The summed E-state index contributed by atoms with van der Waals surface area (Å²) in [5, 5.41) is 2.98. The van der Waals surface area contributed by atoms with Gasteiger partial charge in [-0.15, -0.1) is 0 Å². The van der Waals surface area contributed by atoms with Crippen molar-refractivity contribution in [2.75, 3.05) is 31.2 Å². The summed E-state index contributed by atoms with van der Waals surface area (Å²) in [5.41, 5.74) is 3.23. The van der Waals surface area contributed by atoms with Gasteiger partial charge in [0.15, 0.2) is 0 Å². The fraction of sp³-hybridized carbons (Fsp3) is 0.483. The van der Waals surface area contributed by atoms with Gasteiger partial charge in [0.1, 0.15) is 17.9 Å². The van der Waals surface area contributed by atoms with Crippen molar-refractivity contribution >= 4 is 22.8 Å².